The van der Waals surface area contributed by atoms with E-state index >= 15 is 0 Å². The molecule has 0 aliphatic heterocycles. The molecule has 1 aliphatic rings. The summed E-state index contributed by atoms with van der Waals surface area (Å²) in [6.45, 7) is 3.34. The molecule has 2 rings (SSSR count). The van der Waals surface area contributed by atoms with Crippen LogP contribution in [0.15, 0.2) is 24.3 Å². The van der Waals surface area contributed by atoms with Crippen molar-refractivity contribution in [1.29, 1.82) is 0 Å². The van der Waals surface area contributed by atoms with Crippen LogP contribution >= 0.6 is 0 Å². The largest absolute Gasteiger partial charge is 0.378 e. The summed E-state index contributed by atoms with van der Waals surface area (Å²) in [7, 11) is 2.02. The Morgan fingerprint density at radius 3 is 2.50 bits per heavy atom. The SMILES string of the molecule is CCOC1CC(CN)(N(C)c2ccc(F)cc2)C1. The number of nitrogens with zero attached hydrogens (tertiary/aromatic N) is 1. The lowest BCUT2D eigenvalue weighted by atomic mass is 9.72. The summed E-state index contributed by atoms with van der Waals surface area (Å²) in [6, 6.07) is 6.55. The van der Waals surface area contributed by atoms with Crippen molar-refractivity contribution in [2.24, 2.45) is 5.73 Å². The van der Waals surface area contributed by atoms with Crippen LogP contribution in [0.25, 0.3) is 0 Å². The number of hydrogen-bond donors (Lipinski definition) is 1. The number of anilines is 1. The lowest BCUT2D eigenvalue weighted by Gasteiger charge is -2.53. The minimum atomic E-state index is -0.213. The summed E-state index contributed by atoms with van der Waals surface area (Å²) in [5, 5.41) is 0. The number of halogens is 1. The van der Waals surface area contributed by atoms with Gasteiger partial charge in [-0.2, -0.15) is 0 Å². The molecule has 3 nitrogen and oxygen atoms in total. The van der Waals surface area contributed by atoms with Gasteiger partial charge in [-0.25, -0.2) is 4.39 Å². The Kier molecular flexibility index (Phi) is 3.88. The van der Waals surface area contributed by atoms with Crippen LogP contribution in [0, 0.1) is 5.82 Å². The second-order valence-corrected chi connectivity index (χ2v) is 4.95. The predicted octanol–water partition coefficient (Wildman–Crippen LogP) is 2.16. The molecule has 1 saturated carbocycles. The standard InChI is InChI=1S/C14H21FN2O/c1-3-18-13-8-14(9-13,10-16)17(2)12-6-4-11(15)5-7-12/h4-7,13H,3,8-10,16H2,1-2H3. The van der Waals surface area contributed by atoms with Gasteiger partial charge in [0.15, 0.2) is 0 Å². The summed E-state index contributed by atoms with van der Waals surface area (Å²) in [4.78, 5) is 2.15. The minimum absolute atomic E-state index is 0.0440. The average molecular weight is 252 g/mol. The molecule has 0 unspecified atom stereocenters. The highest BCUT2D eigenvalue weighted by molar-refractivity contribution is 5.49. The summed E-state index contributed by atoms with van der Waals surface area (Å²) in [6.07, 6.45) is 2.18. The first-order valence-electron chi connectivity index (χ1n) is 6.42. The first-order valence-corrected chi connectivity index (χ1v) is 6.42. The third-order valence-corrected chi connectivity index (χ3v) is 3.92. The van der Waals surface area contributed by atoms with E-state index in [0.717, 1.165) is 25.1 Å². The normalized spacial score (nSPS) is 26.8. The van der Waals surface area contributed by atoms with Crippen molar-refractivity contribution < 1.29 is 9.13 Å². The molecule has 100 valence electrons. The van der Waals surface area contributed by atoms with Gasteiger partial charge in [0.25, 0.3) is 0 Å². The highest BCUT2D eigenvalue weighted by Gasteiger charge is 2.47. The highest BCUT2D eigenvalue weighted by atomic mass is 19.1. The maximum atomic E-state index is 12.9. The average Bonchev–Trinajstić information content (AvgIpc) is 2.33. The van der Waals surface area contributed by atoms with Crippen LogP contribution in [0.4, 0.5) is 10.1 Å². The summed E-state index contributed by atoms with van der Waals surface area (Å²) in [5.74, 6) is -0.213. The fraction of sp³-hybridized carbons (Fsp3) is 0.571. The van der Waals surface area contributed by atoms with Crippen LogP contribution in [-0.4, -0.2) is 31.8 Å². The van der Waals surface area contributed by atoms with Gasteiger partial charge in [-0.3, -0.25) is 0 Å². The third kappa shape index (κ3) is 2.35. The molecular weight excluding hydrogens is 231 g/mol. The minimum Gasteiger partial charge on any atom is -0.378 e. The van der Waals surface area contributed by atoms with Gasteiger partial charge >= 0.3 is 0 Å². The quantitative estimate of drug-likeness (QED) is 0.872. The zero-order valence-corrected chi connectivity index (χ0v) is 11.0. The Morgan fingerprint density at radius 2 is 2.00 bits per heavy atom. The molecule has 0 radical (unpaired) electrons. The Balaban J connectivity index is 2.07. The molecular formula is C14H21FN2O. The molecule has 1 fully saturated rings. The van der Waals surface area contributed by atoms with Crippen LogP contribution in [0.1, 0.15) is 19.8 Å². The fourth-order valence-corrected chi connectivity index (χ4v) is 2.66. The molecule has 0 atom stereocenters. The Morgan fingerprint density at radius 1 is 1.39 bits per heavy atom. The molecule has 0 saturated heterocycles. The number of hydrogen-bond acceptors (Lipinski definition) is 3. The van der Waals surface area contributed by atoms with E-state index in [1.165, 1.54) is 12.1 Å². The van der Waals surface area contributed by atoms with E-state index in [0.29, 0.717) is 12.6 Å². The molecule has 0 spiro atoms. The van der Waals surface area contributed by atoms with Crippen molar-refractivity contribution in [3.05, 3.63) is 30.1 Å². The topological polar surface area (TPSA) is 38.5 Å². The lowest BCUT2D eigenvalue weighted by molar-refractivity contribution is -0.0355. The van der Waals surface area contributed by atoms with Crippen molar-refractivity contribution in [3.8, 4) is 0 Å². The van der Waals surface area contributed by atoms with Gasteiger partial charge in [-0.1, -0.05) is 0 Å². The van der Waals surface area contributed by atoms with Gasteiger partial charge in [0.1, 0.15) is 5.82 Å². The number of benzene rings is 1. The first kappa shape index (κ1) is 13.3. The van der Waals surface area contributed by atoms with Gasteiger partial charge in [0.2, 0.25) is 0 Å². The maximum Gasteiger partial charge on any atom is 0.123 e. The van der Waals surface area contributed by atoms with Crippen molar-refractivity contribution in [2.45, 2.75) is 31.4 Å². The zero-order valence-electron chi connectivity index (χ0n) is 11.0. The molecule has 1 aliphatic carbocycles. The molecule has 4 heteroatoms. The Hall–Kier alpha value is -1.13. The van der Waals surface area contributed by atoms with E-state index in [2.05, 4.69) is 4.90 Å². The van der Waals surface area contributed by atoms with Crippen molar-refractivity contribution in [3.63, 3.8) is 0 Å². The molecule has 0 amide bonds. The van der Waals surface area contributed by atoms with E-state index in [9.17, 15) is 4.39 Å². The molecule has 0 bridgehead atoms. The summed E-state index contributed by atoms with van der Waals surface area (Å²) >= 11 is 0. The number of ether oxygens (including phenoxy) is 1. The maximum absolute atomic E-state index is 12.9. The highest BCUT2D eigenvalue weighted by Crippen LogP contribution is 2.40. The second-order valence-electron chi connectivity index (χ2n) is 4.95. The van der Waals surface area contributed by atoms with Crippen molar-refractivity contribution >= 4 is 5.69 Å². The van der Waals surface area contributed by atoms with Crippen LogP contribution in [0.2, 0.25) is 0 Å². The summed E-state index contributed by atoms with van der Waals surface area (Å²) < 4.78 is 18.5. The van der Waals surface area contributed by atoms with Crippen molar-refractivity contribution in [1.82, 2.24) is 0 Å². The monoisotopic (exact) mass is 252 g/mol. The van der Waals surface area contributed by atoms with E-state index < -0.39 is 0 Å². The van der Waals surface area contributed by atoms with Gasteiger partial charge in [0.05, 0.1) is 11.6 Å². The number of nitrogens with two attached hydrogens (primary N) is 1. The summed E-state index contributed by atoms with van der Waals surface area (Å²) in [5.41, 5.74) is 6.88. The van der Waals surface area contributed by atoms with Crippen LogP contribution in [0.3, 0.4) is 0 Å². The zero-order chi connectivity index (χ0) is 13.2. The molecule has 0 aromatic heterocycles. The van der Waals surface area contributed by atoms with E-state index in [-0.39, 0.29) is 11.4 Å². The van der Waals surface area contributed by atoms with E-state index in [1.807, 2.05) is 14.0 Å². The Labute approximate surface area is 108 Å². The first-order chi connectivity index (χ1) is 8.61. The smallest absolute Gasteiger partial charge is 0.123 e. The Bertz CT molecular complexity index is 387. The second kappa shape index (κ2) is 5.24. The van der Waals surface area contributed by atoms with Crippen LogP contribution < -0.4 is 10.6 Å². The van der Waals surface area contributed by atoms with Crippen LogP contribution in [-0.2, 0) is 4.74 Å². The molecule has 0 heterocycles. The predicted molar refractivity (Wildman–Crippen MR) is 71.2 cm³/mol. The van der Waals surface area contributed by atoms with Crippen molar-refractivity contribution in [2.75, 3.05) is 25.1 Å². The molecule has 2 N–H and O–H groups in total. The van der Waals surface area contributed by atoms with E-state index in [4.69, 9.17) is 10.5 Å². The lowest BCUT2D eigenvalue weighted by Crippen LogP contribution is -2.63. The van der Waals surface area contributed by atoms with E-state index in [1.54, 1.807) is 12.1 Å². The molecule has 1 aromatic rings. The molecule has 1 aromatic carbocycles. The molecule has 18 heavy (non-hydrogen) atoms. The van der Waals surface area contributed by atoms with Gasteiger partial charge in [0, 0.05) is 25.9 Å². The number of rotatable bonds is 5. The number of likely N-dealkylation sites (N-methyl/N-ethyl adjacent to an activating group) is 1. The van der Waals surface area contributed by atoms with Crippen LogP contribution in [0.5, 0.6) is 0 Å². The van der Waals surface area contributed by atoms with Gasteiger partial charge < -0.3 is 15.4 Å². The van der Waals surface area contributed by atoms with Gasteiger partial charge in [-0.15, -0.1) is 0 Å². The fourth-order valence-electron chi connectivity index (χ4n) is 2.66. The third-order valence-electron chi connectivity index (χ3n) is 3.92. The van der Waals surface area contributed by atoms with Gasteiger partial charge in [-0.05, 0) is 44.0 Å².